The number of terminal acetylenes is 1. The lowest BCUT2D eigenvalue weighted by molar-refractivity contribution is 0.270. The number of unbranched alkanes of at least 4 members (excludes halogenated alkanes) is 1. The number of rotatable bonds is 4. The Hall–Kier alpha value is -0.480. The van der Waals surface area contributed by atoms with E-state index < -0.39 is 0 Å². The second kappa shape index (κ2) is 6.90. The van der Waals surface area contributed by atoms with E-state index in [9.17, 15) is 0 Å². The lowest BCUT2D eigenvalue weighted by atomic mass is 9.89. The maximum Gasteiger partial charge on any atom is 0.00982 e. The Labute approximate surface area is 95.2 Å². The maximum atomic E-state index is 5.27. The fourth-order valence-corrected chi connectivity index (χ4v) is 2.48. The zero-order chi connectivity index (χ0) is 11.1. The second-order valence-corrected chi connectivity index (χ2v) is 5.08. The molecule has 0 aromatic heterocycles. The molecule has 1 atom stereocenters. The first-order chi connectivity index (χ1) is 7.24. The molecule has 0 aromatic carbocycles. The van der Waals surface area contributed by atoms with E-state index in [1.54, 1.807) is 0 Å². The molecular weight excluding hydrogens is 182 g/mol. The van der Waals surface area contributed by atoms with E-state index in [2.05, 4.69) is 24.7 Å². The summed E-state index contributed by atoms with van der Waals surface area (Å²) in [6.07, 6.45) is 11.5. The van der Waals surface area contributed by atoms with Gasteiger partial charge >= 0.3 is 0 Å². The van der Waals surface area contributed by atoms with Gasteiger partial charge in [-0.3, -0.25) is 0 Å². The molecule has 0 aromatic rings. The normalized spacial score (nSPS) is 23.7. The number of nitrogens with zero attached hydrogens (tertiary/aromatic N) is 1. The topological polar surface area (TPSA) is 3.24 Å². The van der Waals surface area contributed by atoms with Crippen molar-refractivity contribution in [2.24, 2.45) is 11.8 Å². The molecule has 0 bridgehead atoms. The molecule has 0 aliphatic carbocycles. The minimum absolute atomic E-state index is 0.857. The predicted octanol–water partition coefficient (Wildman–Crippen LogP) is 3.16. The highest BCUT2D eigenvalue weighted by atomic mass is 15.1. The van der Waals surface area contributed by atoms with Gasteiger partial charge in [-0.15, -0.1) is 12.3 Å². The molecule has 1 unspecified atom stereocenters. The highest BCUT2D eigenvalue weighted by molar-refractivity contribution is 4.83. The molecule has 1 aliphatic rings. The summed E-state index contributed by atoms with van der Waals surface area (Å²) in [5.41, 5.74) is 0. The van der Waals surface area contributed by atoms with Crippen LogP contribution in [0.25, 0.3) is 0 Å². The SMILES string of the molecule is C#CCCCN1CCCC(C(C)C)CC1. The van der Waals surface area contributed by atoms with Crippen LogP contribution in [-0.2, 0) is 0 Å². The highest BCUT2D eigenvalue weighted by Gasteiger charge is 2.18. The van der Waals surface area contributed by atoms with Crippen molar-refractivity contribution in [2.75, 3.05) is 19.6 Å². The van der Waals surface area contributed by atoms with Gasteiger partial charge < -0.3 is 4.90 Å². The Morgan fingerprint density at radius 2 is 2.13 bits per heavy atom. The van der Waals surface area contributed by atoms with Crippen molar-refractivity contribution < 1.29 is 0 Å². The molecule has 1 rings (SSSR count). The quantitative estimate of drug-likeness (QED) is 0.505. The molecule has 1 saturated heterocycles. The van der Waals surface area contributed by atoms with Gasteiger partial charge in [-0.1, -0.05) is 13.8 Å². The molecule has 86 valence electrons. The number of likely N-dealkylation sites (tertiary alicyclic amines) is 1. The van der Waals surface area contributed by atoms with E-state index in [0.717, 1.165) is 18.3 Å². The number of hydrogen-bond donors (Lipinski definition) is 0. The van der Waals surface area contributed by atoms with Gasteiger partial charge in [0.2, 0.25) is 0 Å². The standard InChI is InChI=1S/C14H25N/c1-4-5-6-10-15-11-7-8-14(9-12-15)13(2)3/h1,13-14H,5-12H2,2-3H3. The van der Waals surface area contributed by atoms with E-state index in [0.29, 0.717) is 0 Å². The Bertz CT molecular complexity index is 202. The van der Waals surface area contributed by atoms with Crippen molar-refractivity contribution in [3.8, 4) is 12.3 Å². The third-order valence-electron chi connectivity index (χ3n) is 3.60. The number of hydrogen-bond acceptors (Lipinski definition) is 1. The molecule has 0 saturated carbocycles. The summed E-state index contributed by atoms with van der Waals surface area (Å²) in [5, 5.41) is 0. The van der Waals surface area contributed by atoms with Gasteiger partial charge in [-0.05, 0) is 57.2 Å². The minimum Gasteiger partial charge on any atom is -0.303 e. The summed E-state index contributed by atoms with van der Waals surface area (Å²) in [6.45, 7) is 8.49. The minimum atomic E-state index is 0.857. The van der Waals surface area contributed by atoms with Gasteiger partial charge in [-0.25, -0.2) is 0 Å². The molecule has 1 fully saturated rings. The van der Waals surface area contributed by atoms with Crippen molar-refractivity contribution in [3.05, 3.63) is 0 Å². The van der Waals surface area contributed by atoms with Crippen LogP contribution in [0, 0.1) is 24.2 Å². The average molecular weight is 207 g/mol. The van der Waals surface area contributed by atoms with Gasteiger partial charge in [0, 0.05) is 6.42 Å². The third kappa shape index (κ3) is 4.71. The van der Waals surface area contributed by atoms with Crippen LogP contribution in [0.1, 0.15) is 46.0 Å². The van der Waals surface area contributed by atoms with Gasteiger partial charge in [0.05, 0.1) is 0 Å². The summed E-state index contributed by atoms with van der Waals surface area (Å²) in [7, 11) is 0. The fourth-order valence-electron chi connectivity index (χ4n) is 2.48. The van der Waals surface area contributed by atoms with Crippen LogP contribution >= 0.6 is 0 Å². The summed E-state index contributed by atoms with van der Waals surface area (Å²) in [5.74, 6) is 4.53. The summed E-state index contributed by atoms with van der Waals surface area (Å²) in [6, 6.07) is 0. The Kier molecular flexibility index (Phi) is 5.79. The van der Waals surface area contributed by atoms with E-state index >= 15 is 0 Å². The molecule has 0 radical (unpaired) electrons. The van der Waals surface area contributed by atoms with Crippen molar-refractivity contribution in [1.29, 1.82) is 0 Å². The Morgan fingerprint density at radius 3 is 2.80 bits per heavy atom. The molecule has 1 heteroatoms. The largest absolute Gasteiger partial charge is 0.303 e. The van der Waals surface area contributed by atoms with Crippen molar-refractivity contribution >= 4 is 0 Å². The first-order valence-corrected chi connectivity index (χ1v) is 6.40. The maximum absolute atomic E-state index is 5.27. The van der Waals surface area contributed by atoms with Crippen LogP contribution < -0.4 is 0 Å². The zero-order valence-electron chi connectivity index (χ0n) is 10.3. The van der Waals surface area contributed by atoms with Crippen LogP contribution in [0.3, 0.4) is 0 Å². The first-order valence-electron chi connectivity index (χ1n) is 6.40. The molecular formula is C14H25N. The van der Waals surface area contributed by atoms with Gasteiger partial charge in [-0.2, -0.15) is 0 Å². The average Bonchev–Trinajstić information content (AvgIpc) is 2.44. The van der Waals surface area contributed by atoms with Gasteiger partial charge in [0.25, 0.3) is 0 Å². The van der Waals surface area contributed by atoms with Crippen LogP contribution in [0.15, 0.2) is 0 Å². The Morgan fingerprint density at radius 1 is 1.33 bits per heavy atom. The molecule has 0 spiro atoms. The summed E-state index contributed by atoms with van der Waals surface area (Å²) < 4.78 is 0. The highest BCUT2D eigenvalue weighted by Crippen LogP contribution is 2.24. The molecule has 1 heterocycles. The monoisotopic (exact) mass is 207 g/mol. The molecule has 0 N–H and O–H groups in total. The van der Waals surface area contributed by atoms with Crippen LogP contribution in [0.4, 0.5) is 0 Å². The van der Waals surface area contributed by atoms with E-state index in [1.165, 1.54) is 45.3 Å². The molecule has 1 nitrogen and oxygen atoms in total. The van der Waals surface area contributed by atoms with Crippen LogP contribution in [-0.4, -0.2) is 24.5 Å². The lowest BCUT2D eigenvalue weighted by Gasteiger charge is -2.20. The van der Waals surface area contributed by atoms with E-state index in [1.807, 2.05) is 0 Å². The molecule has 0 amide bonds. The summed E-state index contributed by atoms with van der Waals surface area (Å²) in [4.78, 5) is 2.60. The smallest absolute Gasteiger partial charge is 0.00982 e. The summed E-state index contributed by atoms with van der Waals surface area (Å²) >= 11 is 0. The fraction of sp³-hybridized carbons (Fsp3) is 0.857. The zero-order valence-corrected chi connectivity index (χ0v) is 10.3. The van der Waals surface area contributed by atoms with Crippen molar-refractivity contribution in [2.45, 2.75) is 46.0 Å². The van der Waals surface area contributed by atoms with Crippen LogP contribution in [0.5, 0.6) is 0 Å². The third-order valence-corrected chi connectivity index (χ3v) is 3.60. The second-order valence-electron chi connectivity index (χ2n) is 5.08. The van der Waals surface area contributed by atoms with Gasteiger partial charge in [0.15, 0.2) is 0 Å². The van der Waals surface area contributed by atoms with Gasteiger partial charge in [0.1, 0.15) is 0 Å². The van der Waals surface area contributed by atoms with Crippen molar-refractivity contribution in [1.82, 2.24) is 4.90 Å². The van der Waals surface area contributed by atoms with Crippen molar-refractivity contribution in [3.63, 3.8) is 0 Å². The molecule has 1 aliphatic heterocycles. The van der Waals surface area contributed by atoms with Crippen LogP contribution in [0.2, 0.25) is 0 Å². The lowest BCUT2D eigenvalue weighted by Crippen LogP contribution is -2.26. The first kappa shape index (κ1) is 12.6. The Balaban J connectivity index is 2.24. The predicted molar refractivity (Wildman–Crippen MR) is 66.7 cm³/mol. The molecule has 15 heavy (non-hydrogen) atoms. The van der Waals surface area contributed by atoms with E-state index in [4.69, 9.17) is 6.42 Å². The van der Waals surface area contributed by atoms with E-state index in [-0.39, 0.29) is 0 Å².